The maximum Gasteiger partial charge on any atom is 0.281 e. The van der Waals surface area contributed by atoms with Gasteiger partial charge in [-0.25, -0.2) is 0 Å². The SMILES string of the molecule is COc1cc2sc(=NC(=O)c3cc(Cl)ccc3Cl)n(CCSC)c2cc1OC. The fraction of sp³-hybridized carbons (Fsp3) is 0.263. The van der Waals surface area contributed by atoms with E-state index in [2.05, 4.69) is 4.99 Å². The number of aromatic nitrogens is 1. The maximum absolute atomic E-state index is 12.8. The smallest absolute Gasteiger partial charge is 0.281 e. The van der Waals surface area contributed by atoms with Crippen LogP contribution in [0.1, 0.15) is 10.4 Å². The van der Waals surface area contributed by atoms with E-state index >= 15 is 0 Å². The van der Waals surface area contributed by atoms with Gasteiger partial charge in [0, 0.05) is 29.5 Å². The molecule has 0 spiro atoms. The number of aryl methyl sites for hydroxylation is 1. The zero-order valence-electron chi connectivity index (χ0n) is 15.5. The molecule has 28 heavy (non-hydrogen) atoms. The van der Waals surface area contributed by atoms with Crippen LogP contribution < -0.4 is 14.3 Å². The Bertz CT molecular complexity index is 1090. The first kappa shape index (κ1) is 21.0. The summed E-state index contributed by atoms with van der Waals surface area (Å²) in [6, 6.07) is 8.55. The summed E-state index contributed by atoms with van der Waals surface area (Å²) in [6.07, 6.45) is 2.03. The number of carbonyl (C=O) groups is 1. The van der Waals surface area contributed by atoms with Crippen LogP contribution in [0.25, 0.3) is 10.2 Å². The van der Waals surface area contributed by atoms with Gasteiger partial charge in [0.05, 0.1) is 35.0 Å². The molecule has 0 aliphatic carbocycles. The van der Waals surface area contributed by atoms with E-state index < -0.39 is 5.91 Å². The van der Waals surface area contributed by atoms with Gasteiger partial charge in [0.25, 0.3) is 5.91 Å². The molecule has 5 nitrogen and oxygen atoms in total. The summed E-state index contributed by atoms with van der Waals surface area (Å²) < 4.78 is 13.8. The molecular weight excluding hydrogens is 439 g/mol. The summed E-state index contributed by atoms with van der Waals surface area (Å²) >= 11 is 15.3. The van der Waals surface area contributed by atoms with Gasteiger partial charge in [-0.15, -0.1) is 0 Å². The highest BCUT2D eigenvalue weighted by atomic mass is 35.5. The number of rotatable bonds is 6. The van der Waals surface area contributed by atoms with Crippen molar-refractivity contribution < 1.29 is 14.3 Å². The van der Waals surface area contributed by atoms with Gasteiger partial charge in [0.1, 0.15) is 0 Å². The number of methoxy groups -OCH3 is 2. The predicted molar refractivity (Wildman–Crippen MR) is 118 cm³/mol. The molecule has 1 amide bonds. The van der Waals surface area contributed by atoms with E-state index in [1.807, 2.05) is 23.0 Å². The van der Waals surface area contributed by atoms with E-state index in [0.29, 0.717) is 32.9 Å². The molecule has 1 heterocycles. The van der Waals surface area contributed by atoms with Crippen molar-refractivity contribution in [3.63, 3.8) is 0 Å². The molecule has 2 aromatic carbocycles. The lowest BCUT2D eigenvalue weighted by Crippen LogP contribution is -2.18. The molecule has 9 heteroatoms. The van der Waals surface area contributed by atoms with Crippen molar-refractivity contribution in [3.05, 3.63) is 50.7 Å². The van der Waals surface area contributed by atoms with Gasteiger partial charge in [0.2, 0.25) is 0 Å². The number of amides is 1. The molecule has 3 aromatic rings. The van der Waals surface area contributed by atoms with Crippen molar-refractivity contribution in [2.24, 2.45) is 4.99 Å². The second kappa shape index (κ2) is 9.22. The van der Waals surface area contributed by atoms with E-state index in [4.69, 9.17) is 32.7 Å². The second-order valence-corrected chi connectivity index (χ2v) is 8.58. The van der Waals surface area contributed by atoms with Gasteiger partial charge < -0.3 is 14.0 Å². The molecule has 0 N–H and O–H groups in total. The number of thiazole rings is 1. The number of hydrogen-bond acceptors (Lipinski definition) is 5. The van der Waals surface area contributed by atoms with Crippen molar-refractivity contribution in [2.75, 3.05) is 26.2 Å². The first-order valence-electron chi connectivity index (χ1n) is 8.27. The molecule has 0 atom stereocenters. The summed E-state index contributed by atoms with van der Waals surface area (Å²) in [6.45, 7) is 0.700. The van der Waals surface area contributed by atoms with E-state index in [1.54, 1.807) is 38.1 Å². The largest absolute Gasteiger partial charge is 0.493 e. The molecular formula is C19H18Cl2N2O3S2. The Morgan fingerprint density at radius 2 is 1.89 bits per heavy atom. The highest BCUT2D eigenvalue weighted by Crippen LogP contribution is 2.33. The first-order valence-corrected chi connectivity index (χ1v) is 11.2. The summed E-state index contributed by atoms with van der Waals surface area (Å²) in [5.41, 5.74) is 1.21. The number of ether oxygens (including phenoxy) is 2. The van der Waals surface area contributed by atoms with E-state index in [9.17, 15) is 4.79 Å². The van der Waals surface area contributed by atoms with Crippen molar-refractivity contribution in [1.82, 2.24) is 4.57 Å². The number of thioether (sulfide) groups is 1. The molecule has 0 fully saturated rings. The van der Waals surface area contributed by atoms with Gasteiger partial charge >= 0.3 is 0 Å². The maximum atomic E-state index is 12.8. The normalized spacial score (nSPS) is 11.8. The summed E-state index contributed by atoms with van der Waals surface area (Å²) in [5, 5.41) is 0.752. The average molecular weight is 457 g/mol. The van der Waals surface area contributed by atoms with Crippen molar-refractivity contribution in [3.8, 4) is 11.5 Å². The summed E-state index contributed by atoms with van der Waals surface area (Å²) in [7, 11) is 3.19. The quantitative estimate of drug-likeness (QED) is 0.515. The minimum absolute atomic E-state index is 0.276. The average Bonchev–Trinajstić information content (AvgIpc) is 3.02. The van der Waals surface area contributed by atoms with Crippen LogP contribution in [0.2, 0.25) is 10.0 Å². The number of hydrogen-bond donors (Lipinski definition) is 0. The molecule has 0 radical (unpaired) electrons. The number of carbonyl (C=O) groups excluding carboxylic acids is 1. The minimum atomic E-state index is -0.434. The Hall–Kier alpha value is -1.67. The van der Waals surface area contributed by atoms with E-state index in [1.165, 1.54) is 17.4 Å². The summed E-state index contributed by atoms with van der Waals surface area (Å²) in [4.78, 5) is 17.7. The lowest BCUT2D eigenvalue weighted by Gasteiger charge is -2.09. The third-order valence-electron chi connectivity index (χ3n) is 4.06. The van der Waals surface area contributed by atoms with Crippen LogP contribution in [0.4, 0.5) is 0 Å². The molecule has 3 rings (SSSR count). The van der Waals surface area contributed by atoms with E-state index in [-0.39, 0.29) is 5.56 Å². The van der Waals surface area contributed by atoms with Gasteiger partial charge in [-0.2, -0.15) is 16.8 Å². The summed E-state index contributed by atoms with van der Waals surface area (Å²) in [5.74, 6) is 1.70. The van der Waals surface area contributed by atoms with Gasteiger partial charge in [-0.05, 0) is 24.5 Å². The zero-order chi connectivity index (χ0) is 20.3. The van der Waals surface area contributed by atoms with Crippen LogP contribution in [0.5, 0.6) is 11.5 Å². The van der Waals surface area contributed by atoms with Gasteiger partial charge in [0.15, 0.2) is 16.3 Å². The highest BCUT2D eigenvalue weighted by Gasteiger charge is 2.15. The Morgan fingerprint density at radius 1 is 1.18 bits per heavy atom. The topological polar surface area (TPSA) is 52.8 Å². The van der Waals surface area contributed by atoms with Crippen LogP contribution in [0, 0.1) is 0 Å². The predicted octanol–water partition coefficient (Wildman–Crippen LogP) is 5.13. The van der Waals surface area contributed by atoms with Crippen LogP contribution in [0.3, 0.4) is 0 Å². The molecule has 0 unspecified atom stereocenters. The van der Waals surface area contributed by atoms with Gasteiger partial charge in [-0.3, -0.25) is 4.79 Å². The van der Waals surface area contributed by atoms with Gasteiger partial charge in [-0.1, -0.05) is 34.5 Å². The highest BCUT2D eigenvalue weighted by molar-refractivity contribution is 7.98. The van der Waals surface area contributed by atoms with Crippen molar-refractivity contribution in [1.29, 1.82) is 0 Å². The van der Waals surface area contributed by atoms with Crippen LogP contribution >= 0.6 is 46.3 Å². The number of nitrogens with zero attached hydrogens (tertiary/aromatic N) is 2. The number of halogens is 2. The Balaban J connectivity index is 2.19. The fourth-order valence-electron chi connectivity index (χ4n) is 2.69. The zero-order valence-corrected chi connectivity index (χ0v) is 18.6. The molecule has 0 saturated carbocycles. The lowest BCUT2D eigenvalue weighted by atomic mass is 10.2. The molecule has 0 bridgehead atoms. The fourth-order valence-corrected chi connectivity index (χ4v) is 4.49. The monoisotopic (exact) mass is 456 g/mol. The third-order valence-corrected chi connectivity index (χ3v) is 6.26. The number of benzene rings is 2. The Kier molecular flexibility index (Phi) is 6.93. The molecule has 0 aliphatic rings. The molecule has 1 aromatic heterocycles. The Labute approximate surface area is 180 Å². The lowest BCUT2D eigenvalue weighted by molar-refractivity contribution is 0.0998. The minimum Gasteiger partial charge on any atom is -0.493 e. The third kappa shape index (κ3) is 4.33. The van der Waals surface area contributed by atoms with Crippen LogP contribution in [-0.2, 0) is 6.54 Å². The standard InChI is InChI=1S/C19H18Cl2N2O3S2/c1-25-15-9-14-17(10-16(15)26-2)28-19(23(14)6-7-27-3)22-18(24)12-8-11(20)4-5-13(12)21/h4-5,8-10H,6-7H2,1-3H3. The molecule has 0 aliphatic heterocycles. The Morgan fingerprint density at radius 3 is 2.57 bits per heavy atom. The first-order chi connectivity index (χ1) is 13.5. The van der Waals surface area contributed by atoms with Crippen molar-refractivity contribution in [2.45, 2.75) is 6.54 Å². The van der Waals surface area contributed by atoms with E-state index in [0.717, 1.165) is 16.0 Å². The van der Waals surface area contributed by atoms with Crippen LogP contribution in [0.15, 0.2) is 35.3 Å². The van der Waals surface area contributed by atoms with Crippen molar-refractivity contribution >= 4 is 62.4 Å². The molecule has 0 saturated heterocycles. The second-order valence-electron chi connectivity index (χ2n) is 5.75. The molecule has 148 valence electrons. The number of fused-ring (bicyclic) bond motifs is 1. The van der Waals surface area contributed by atoms with Crippen LogP contribution in [-0.4, -0.2) is 36.7 Å².